The van der Waals surface area contributed by atoms with Crippen molar-refractivity contribution in [1.82, 2.24) is 5.32 Å². The fraction of sp³-hybridized carbons (Fsp3) is 0.300. The first kappa shape index (κ1) is 15.3. The predicted molar refractivity (Wildman–Crippen MR) is 62.5 cm³/mol. The van der Waals surface area contributed by atoms with E-state index >= 15 is 0 Å². The number of benzene rings is 1. The third-order valence-corrected chi connectivity index (χ3v) is 2.34. The van der Waals surface area contributed by atoms with Crippen LogP contribution >= 0.6 is 11.6 Å². The van der Waals surface area contributed by atoms with Crippen LogP contribution < -0.4 is 5.32 Å². The van der Waals surface area contributed by atoms with E-state index in [9.17, 15) is 23.7 Å². The number of hydrogen-bond donors (Lipinski definition) is 2. The Morgan fingerprint density at radius 3 is 2.63 bits per heavy atom. The van der Waals surface area contributed by atoms with Crippen LogP contribution in [-0.4, -0.2) is 35.0 Å². The molecule has 0 fully saturated rings. The molecule has 0 radical (unpaired) electrons. The first-order chi connectivity index (χ1) is 8.81. The molecule has 1 atom stereocenters. The molecule has 19 heavy (non-hydrogen) atoms. The summed E-state index contributed by atoms with van der Waals surface area (Å²) in [7, 11) is 0. The number of aliphatic hydroxyl groups excluding tert-OH is 1. The van der Waals surface area contributed by atoms with E-state index < -0.39 is 35.6 Å². The number of carbonyl (C=O) groups is 1. The van der Waals surface area contributed by atoms with Crippen molar-refractivity contribution in [3.05, 3.63) is 38.9 Å². The zero-order valence-electron chi connectivity index (χ0n) is 9.35. The number of nitro benzene ring substituents is 1. The minimum atomic E-state index is -2.99. The fourth-order valence-corrected chi connectivity index (χ4v) is 1.43. The van der Waals surface area contributed by atoms with Gasteiger partial charge in [-0.25, -0.2) is 8.78 Å². The molecule has 1 aromatic carbocycles. The number of alkyl halides is 2. The molecular weight excluding hydrogens is 286 g/mol. The van der Waals surface area contributed by atoms with E-state index in [-0.39, 0.29) is 10.6 Å². The maximum atomic E-state index is 12.0. The van der Waals surface area contributed by atoms with E-state index in [1.807, 2.05) is 5.32 Å². The van der Waals surface area contributed by atoms with Crippen molar-refractivity contribution in [2.75, 3.05) is 6.54 Å². The van der Waals surface area contributed by atoms with Gasteiger partial charge in [0.05, 0.1) is 4.92 Å². The van der Waals surface area contributed by atoms with Gasteiger partial charge < -0.3 is 10.4 Å². The van der Waals surface area contributed by atoms with E-state index in [0.717, 1.165) is 18.2 Å². The normalized spacial score (nSPS) is 12.3. The average Bonchev–Trinajstić information content (AvgIpc) is 2.34. The number of aliphatic hydroxyl groups is 1. The van der Waals surface area contributed by atoms with Crippen molar-refractivity contribution < 1.29 is 23.6 Å². The molecule has 1 unspecified atom stereocenters. The van der Waals surface area contributed by atoms with Gasteiger partial charge in [0.15, 0.2) is 0 Å². The Morgan fingerprint density at radius 1 is 1.47 bits per heavy atom. The largest absolute Gasteiger partial charge is 0.385 e. The molecule has 0 spiro atoms. The zero-order chi connectivity index (χ0) is 14.6. The van der Waals surface area contributed by atoms with E-state index in [4.69, 9.17) is 16.7 Å². The monoisotopic (exact) mass is 294 g/mol. The van der Waals surface area contributed by atoms with Gasteiger partial charge in [0, 0.05) is 29.3 Å². The van der Waals surface area contributed by atoms with Crippen LogP contribution in [0, 0.1) is 10.1 Å². The molecule has 1 rings (SSSR count). The Morgan fingerprint density at radius 2 is 2.11 bits per heavy atom. The number of carbonyl (C=O) groups excluding carboxylic acids is 1. The SMILES string of the molecule is O=C(NCC(O)C(F)F)c1cc(Cl)cc([N+](=O)[O-])c1. The van der Waals surface area contributed by atoms with Crippen LogP contribution in [0.15, 0.2) is 18.2 Å². The Bertz CT molecular complexity index is 498. The van der Waals surface area contributed by atoms with Crippen molar-refractivity contribution in [3.63, 3.8) is 0 Å². The minimum absolute atomic E-state index is 0.0336. The Hall–Kier alpha value is -1.80. The van der Waals surface area contributed by atoms with Gasteiger partial charge in [-0.2, -0.15) is 0 Å². The Labute approximate surface area is 111 Å². The van der Waals surface area contributed by atoms with E-state index in [2.05, 4.69) is 0 Å². The molecular formula is C10H9ClF2N2O4. The van der Waals surface area contributed by atoms with Gasteiger partial charge in [-0.3, -0.25) is 14.9 Å². The second kappa shape index (κ2) is 6.39. The summed E-state index contributed by atoms with van der Waals surface area (Å²) >= 11 is 5.60. The molecule has 1 aromatic rings. The third-order valence-electron chi connectivity index (χ3n) is 2.12. The Kier molecular flexibility index (Phi) is 5.13. The van der Waals surface area contributed by atoms with Crippen LogP contribution in [0.25, 0.3) is 0 Å². The maximum Gasteiger partial charge on any atom is 0.271 e. The van der Waals surface area contributed by atoms with Gasteiger partial charge in [0.1, 0.15) is 6.10 Å². The zero-order valence-corrected chi connectivity index (χ0v) is 10.1. The van der Waals surface area contributed by atoms with Gasteiger partial charge >= 0.3 is 0 Å². The van der Waals surface area contributed by atoms with Gasteiger partial charge in [-0.05, 0) is 6.07 Å². The van der Waals surface area contributed by atoms with Gasteiger partial charge in [-0.1, -0.05) is 11.6 Å². The number of non-ortho nitro benzene ring substituents is 1. The Balaban J connectivity index is 2.80. The summed E-state index contributed by atoms with van der Waals surface area (Å²) in [6.45, 7) is -0.670. The molecule has 104 valence electrons. The van der Waals surface area contributed by atoms with Crippen molar-refractivity contribution in [3.8, 4) is 0 Å². The van der Waals surface area contributed by atoms with Crippen LogP contribution in [-0.2, 0) is 0 Å². The smallest absolute Gasteiger partial charge is 0.271 e. The number of nitrogens with zero attached hydrogens (tertiary/aromatic N) is 1. The lowest BCUT2D eigenvalue weighted by Crippen LogP contribution is -2.35. The highest BCUT2D eigenvalue weighted by Crippen LogP contribution is 2.20. The van der Waals surface area contributed by atoms with Crippen molar-refractivity contribution in [2.24, 2.45) is 0 Å². The number of nitrogens with one attached hydrogen (secondary N) is 1. The summed E-state index contributed by atoms with van der Waals surface area (Å²) in [5.74, 6) is -0.842. The summed E-state index contributed by atoms with van der Waals surface area (Å²) < 4.78 is 24.0. The number of hydrogen-bond acceptors (Lipinski definition) is 4. The van der Waals surface area contributed by atoms with Crippen LogP contribution in [0.2, 0.25) is 5.02 Å². The highest BCUT2D eigenvalue weighted by Gasteiger charge is 2.19. The number of amides is 1. The lowest BCUT2D eigenvalue weighted by molar-refractivity contribution is -0.384. The van der Waals surface area contributed by atoms with E-state index in [0.29, 0.717) is 0 Å². The highest BCUT2D eigenvalue weighted by atomic mass is 35.5. The van der Waals surface area contributed by atoms with Gasteiger partial charge in [0.2, 0.25) is 0 Å². The molecule has 0 saturated heterocycles. The fourth-order valence-electron chi connectivity index (χ4n) is 1.20. The summed E-state index contributed by atoms with van der Waals surface area (Å²) in [4.78, 5) is 21.4. The summed E-state index contributed by atoms with van der Waals surface area (Å²) in [5.41, 5.74) is -0.548. The number of halogens is 3. The number of nitro groups is 1. The van der Waals surface area contributed by atoms with Crippen LogP contribution in [0.3, 0.4) is 0 Å². The second-order valence-electron chi connectivity index (χ2n) is 3.57. The lowest BCUT2D eigenvalue weighted by Gasteiger charge is -2.10. The topological polar surface area (TPSA) is 92.5 Å². The molecule has 0 heterocycles. The van der Waals surface area contributed by atoms with E-state index in [1.54, 1.807) is 0 Å². The van der Waals surface area contributed by atoms with Gasteiger partial charge in [0.25, 0.3) is 18.0 Å². The molecule has 0 saturated carbocycles. The first-order valence-corrected chi connectivity index (χ1v) is 5.38. The molecule has 1 amide bonds. The molecule has 0 bridgehead atoms. The maximum absolute atomic E-state index is 12.0. The quantitative estimate of drug-likeness (QED) is 0.637. The third kappa shape index (κ3) is 4.42. The molecule has 0 aliphatic carbocycles. The van der Waals surface area contributed by atoms with Crippen LogP contribution in [0.5, 0.6) is 0 Å². The molecule has 0 aliphatic heterocycles. The predicted octanol–water partition coefficient (Wildman–Crippen LogP) is 1.60. The summed E-state index contributed by atoms with van der Waals surface area (Å²) in [5, 5.41) is 21.4. The summed E-state index contributed by atoms with van der Waals surface area (Å²) in [6, 6.07) is 3.15. The van der Waals surface area contributed by atoms with Crippen molar-refractivity contribution >= 4 is 23.2 Å². The molecule has 2 N–H and O–H groups in total. The average molecular weight is 295 g/mol. The van der Waals surface area contributed by atoms with Gasteiger partial charge in [-0.15, -0.1) is 0 Å². The van der Waals surface area contributed by atoms with Crippen LogP contribution in [0.1, 0.15) is 10.4 Å². The van der Waals surface area contributed by atoms with Crippen molar-refractivity contribution in [1.29, 1.82) is 0 Å². The number of rotatable bonds is 5. The molecule has 0 aliphatic rings. The molecule has 0 aromatic heterocycles. The first-order valence-electron chi connectivity index (χ1n) is 5.00. The summed E-state index contributed by atoms with van der Waals surface area (Å²) in [6.07, 6.45) is -4.99. The molecule has 6 nitrogen and oxygen atoms in total. The van der Waals surface area contributed by atoms with Crippen LogP contribution in [0.4, 0.5) is 14.5 Å². The second-order valence-corrected chi connectivity index (χ2v) is 4.00. The van der Waals surface area contributed by atoms with E-state index in [1.165, 1.54) is 0 Å². The lowest BCUT2D eigenvalue weighted by atomic mass is 10.2. The minimum Gasteiger partial charge on any atom is -0.385 e. The highest BCUT2D eigenvalue weighted by molar-refractivity contribution is 6.31. The molecule has 9 heteroatoms. The van der Waals surface area contributed by atoms with Crippen molar-refractivity contribution in [2.45, 2.75) is 12.5 Å². The standard InChI is InChI=1S/C10H9ClF2N2O4/c11-6-1-5(2-7(3-6)15(18)19)10(17)14-4-8(16)9(12)13/h1-3,8-9,16H,4H2,(H,14,17).